The molecule has 0 unspecified atom stereocenters. The number of anilines is 1. The Balaban J connectivity index is 2.63. The summed E-state index contributed by atoms with van der Waals surface area (Å²) in [7, 11) is 3.43. The lowest BCUT2D eigenvalue weighted by Crippen LogP contribution is -1.97. The van der Waals surface area contributed by atoms with E-state index in [-0.39, 0.29) is 0 Å². The van der Waals surface area contributed by atoms with Gasteiger partial charge in [0.05, 0.1) is 13.3 Å². The number of aromatic nitrogens is 3. The van der Waals surface area contributed by atoms with Crippen LogP contribution in [0.1, 0.15) is 5.56 Å². The highest BCUT2D eigenvalue weighted by Gasteiger charge is 2.14. The van der Waals surface area contributed by atoms with Gasteiger partial charge in [-0.25, -0.2) is 0 Å². The molecule has 16 heavy (non-hydrogen) atoms. The number of hydrogen-bond acceptors (Lipinski definition) is 4. The van der Waals surface area contributed by atoms with E-state index in [1.165, 1.54) is 0 Å². The Morgan fingerprint density at radius 2 is 2.19 bits per heavy atom. The van der Waals surface area contributed by atoms with Crippen molar-refractivity contribution in [2.75, 3.05) is 12.8 Å². The summed E-state index contributed by atoms with van der Waals surface area (Å²) in [6.07, 6.45) is 3.38. The van der Waals surface area contributed by atoms with Gasteiger partial charge in [-0.05, 0) is 13.0 Å². The molecule has 0 aliphatic rings. The lowest BCUT2D eigenvalue weighted by molar-refractivity contribution is 0.414. The smallest absolute Gasteiger partial charge is 0.146 e. The first-order chi connectivity index (χ1) is 7.65. The number of ether oxygens (including phenoxy) is 1. The summed E-state index contributed by atoms with van der Waals surface area (Å²) in [5.74, 6) is 1.36. The Bertz CT molecular complexity index is 519. The van der Waals surface area contributed by atoms with Crippen molar-refractivity contribution in [2.24, 2.45) is 7.05 Å². The number of aryl methyl sites for hydroxylation is 1. The van der Waals surface area contributed by atoms with Crippen LogP contribution >= 0.6 is 0 Å². The number of nitrogen functional groups attached to an aromatic ring is 1. The molecule has 0 spiro atoms. The molecule has 0 bridgehead atoms. The summed E-state index contributed by atoms with van der Waals surface area (Å²) in [6.45, 7) is 1.94. The Morgan fingerprint density at radius 1 is 1.44 bits per heavy atom. The predicted octanol–water partition coefficient (Wildman–Crippen LogP) is 1.38. The first-order valence-electron chi connectivity index (χ1n) is 4.92. The molecule has 0 aliphatic heterocycles. The molecule has 2 rings (SSSR count). The van der Waals surface area contributed by atoms with Gasteiger partial charge >= 0.3 is 0 Å². The Morgan fingerprint density at radius 3 is 2.75 bits per heavy atom. The van der Waals surface area contributed by atoms with E-state index in [0.717, 1.165) is 16.8 Å². The van der Waals surface area contributed by atoms with Crippen molar-refractivity contribution in [3.05, 3.63) is 24.0 Å². The van der Waals surface area contributed by atoms with E-state index in [1.807, 2.05) is 20.0 Å². The SMILES string of the molecule is COc1cnccc1-c1nn(C)c(N)c1C. The van der Waals surface area contributed by atoms with Gasteiger partial charge in [-0.3, -0.25) is 9.67 Å². The number of methoxy groups -OCH3 is 1. The van der Waals surface area contributed by atoms with Crippen LogP contribution in [0.5, 0.6) is 5.75 Å². The van der Waals surface area contributed by atoms with E-state index in [0.29, 0.717) is 11.6 Å². The molecule has 2 aromatic heterocycles. The molecule has 84 valence electrons. The van der Waals surface area contributed by atoms with Gasteiger partial charge in [-0.15, -0.1) is 0 Å². The van der Waals surface area contributed by atoms with E-state index in [9.17, 15) is 0 Å². The molecular weight excluding hydrogens is 204 g/mol. The van der Waals surface area contributed by atoms with Crippen molar-refractivity contribution in [1.29, 1.82) is 0 Å². The number of pyridine rings is 1. The van der Waals surface area contributed by atoms with E-state index in [2.05, 4.69) is 10.1 Å². The zero-order chi connectivity index (χ0) is 11.7. The van der Waals surface area contributed by atoms with Crippen LogP contribution in [0.2, 0.25) is 0 Å². The van der Waals surface area contributed by atoms with Crippen molar-refractivity contribution in [3.8, 4) is 17.0 Å². The third kappa shape index (κ3) is 1.50. The minimum Gasteiger partial charge on any atom is -0.494 e. The fourth-order valence-electron chi connectivity index (χ4n) is 1.64. The molecule has 5 heteroatoms. The van der Waals surface area contributed by atoms with Crippen molar-refractivity contribution >= 4 is 5.82 Å². The van der Waals surface area contributed by atoms with Gasteiger partial charge in [0, 0.05) is 24.4 Å². The van der Waals surface area contributed by atoms with Crippen molar-refractivity contribution in [2.45, 2.75) is 6.92 Å². The number of nitrogens with zero attached hydrogens (tertiary/aromatic N) is 3. The van der Waals surface area contributed by atoms with Gasteiger partial charge in [0.15, 0.2) is 0 Å². The third-order valence-electron chi connectivity index (χ3n) is 2.60. The van der Waals surface area contributed by atoms with Crippen LogP contribution in [0, 0.1) is 6.92 Å². The van der Waals surface area contributed by atoms with E-state index in [1.54, 1.807) is 24.2 Å². The van der Waals surface area contributed by atoms with Gasteiger partial charge < -0.3 is 10.5 Å². The van der Waals surface area contributed by atoms with Crippen LogP contribution in [0.15, 0.2) is 18.5 Å². The molecule has 0 saturated heterocycles. The Hall–Kier alpha value is -2.04. The summed E-state index contributed by atoms with van der Waals surface area (Å²) < 4.78 is 6.91. The van der Waals surface area contributed by atoms with Gasteiger partial charge in [0.2, 0.25) is 0 Å². The molecule has 0 aliphatic carbocycles. The number of nitrogens with two attached hydrogens (primary N) is 1. The van der Waals surface area contributed by atoms with Crippen LogP contribution in [-0.4, -0.2) is 21.9 Å². The molecule has 5 nitrogen and oxygen atoms in total. The molecule has 2 heterocycles. The first-order valence-corrected chi connectivity index (χ1v) is 4.92. The second-order valence-corrected chi connectivity index (χ2v) is 3.56. The molecule has 0 atom stereocenters. The van der Waals surface area contributed by atoms with Crippen LogP contribution in [-0.2, 0) is 7.05 Å². The second-order valence-electron chi connectivity index (χ2n) is 3.56. The topological polar surface area (TPSA) is 66.0 Å². The summed E-state index contributed by atoms with van der Waals surface area (Å²) in [5.41, 5.74) is 8.56. The summed E-state index contributed by atoms with van der Waals surface area (Å²) in [5, 5.41) is 4.37. The zero-order valence-electron chi connectivity index (χ0n) is 9.56. The highest BCUT2D eigenvalue weighted by molar-refractivity contribution is 5.72. The molecule has 0 aromatic carbocycles. The maximum atomic E-state index is 5.88. The van der Waals surface area contributed by atoms with Crippen LogP contribution in [0.25, 0.3) is 11.3 Å². The van der Waals surface area contributed by atoms with Crippen LogP contribution < -0.4 is 10.5 Å². The lowest BCUT2D eigenvalue weighted by atomic mass is 10.1. The summed E-state index contributed by atoms with van der Waals surface area (Å²) in [4.78, 5) is 4.01. The van der Waals surface area contributed by atoms with Crippen molar-refractivity contribution < 1.29 is 4.74 Å². The Kier molecular flexibility index (Phi) is 2.52. The summed E-state index contributed by atoms with van der Waals surface area (Å²) in [6, 6.07) is 1.87. The lowest BCUT2D eigenvalue weighted by Gasteiger charge is -2.05. The van der Waals surface area contributed by atoms with Crippen molar-refractivity contribution in [1.82, 2.24) is 14.8 Å². The van der Waals surface area contributed by atoms with E-state index in [4.69, 9.17) is 10.5 Å². The maximum absolute atomic E-state index is 5.88. The minimum absolute atomic E-state index is 0.661. The molecule has 2 aromatic rings. The maximum Gasteiger partial charge on any atom is 0.146 e. The predicted molar refractivity (Wildman–Crippen MR) is 62.1 cm³/mol. The van der Waals surface area contributed by atoms with E-state index < -0.39 is 0 Å². The molecule has 0 radical (unpaired) electrons. The molecule has 2 N–H and O–H groups in total. The molecule has 0 fully saturated rings. The quantitative estimate of drug-likeness (QED) is 0.827. The van der Waals surface area contributed by atoms with Gasteiger partial charge in [0.25, 0.3) is 0 Å². The summed E-state index contributed by atoms with van der Waals surface area (Å²) >= 11 is 0. The fraction of sp³-hybridized carbons (Fsp3) is 0.273. The highest BCUT2D eigenvalue weighted by atomic mass is 16.5. The fourth-order valence-corrected chi connectivity index (χ4v) is 1.64. The second kappa shape index (κ2) is 3.84. The Labute approximate surface area is 93.9 Å². The molecule has 0 saturated carbocycles. The van der Waals surface area contributed by atoms with Crippen molar-refractivity contribution in [3.63, 3.8) is 0 Å². The van der Waals surface area contributed by atoms with Gasteiger partial charge in [0.1, 0.15) is 17.3 Å². The first kappa shape index (κ1) is 10.5. The number of rotatable bonds is 2. The van der Waals surface area contributed by atoms with E-state index >= 15 is 0 Å². The normalized spacial score (nSPS) is 10.4. The minimum atomic E-state index is 0.661. The monoisotopic (exact) mass is 218 g/mol. The highest BCUT2D eigenvalue weighted by Crippen LogP contribution is 2.31. The van der Waals surface area contributed by atoms with Crippen LogP contribution in [0.3, 0.4) is 0 Å². The average Bonchev–Trinajstić information content (AvgIpc) is 2.57. The average molecular weight is 218 g/mol. The molecule has 0 amide bonds. The number of hydrogen-bond donors (Lipinski definition) is 1. The third-order valence-corrected chi connectivity index (χ3v) is 2.60. The largest absolute Gasteiger partial charge is 0.494 e. The zero-order valence-corrected chi connectivity index (χ0v) is 9.56. The molecular formula is C11H14N4O. The van der Waals surface area contributed by atoms with Crippen LogP contribution in [0.4, 0.5) is 5.82 Å². The van der Waals surface area contributed by atoms with Gasteiger partial charge in [-0.1, -0.05) is 0 Å². The van der Waals surface area contributed by atoms with Gasteiger partial charge in [-0.2, -0.15) is 5.10 Å². The standard InChI is InChI=1S/C11H14N4O/c1-7-10(14-15(2)11(7)12)8-4-5-13-6-9(8)16-3/h4-6H,12H2,1-3H3.